The molecule has 27 heavy (non-hydrogen) atoms. The summed E-state index contributed by atoms with van der Waals surface area (Å²) in [5, 5.41) is 3.01. The maximum Gasteiger partial charge on any atom is 0.262 e. The SMILES string of the molecule is CCN1CCN(c2ccccc2NC(=O)COc2ccc(C)cc2C)CC1. The summed E-state index contributed by atoms with van der Waals surface area (Å²) in [5.41, 5.74) is 4.14. The van der Waals surface area contributed by atoms with E-state index in [0.29, 0.717) is 0 Å². The Labute approximate surface area is 161 Å². The lowest BCUT2D eigenvalue weighted by Crippen LogP contribution is -2.46. The van der Waals surface area contributed by atoms with Crippen molar-refractivity contribution in [2.45, 2.75) is 20.8 Å². The highest BCUT2D eigenvalue weighted by atomic mass is 16.5. The molecule has 1 amide bonds. The third kappa shape index (κ3) is 5.01. The summed E-state index contributed by atoms with van der Waals surface area (Å²) in [6.07, 6.45) is 0. The molecule has 0 saturated carbocycles. The van der Waals surface area contributed by atoms with E-state index in [1.807, 2.05) is 44.2 Å². The first kappa shape index (κ1) is 19.2. The van der Waals surface area contributed by atoms with E-state index >= 15 is 0 Å². The van der Waals surface area contributed by atoms with E-state index in [4.69, 9.17) is 4.74 Å². The van der Waals surface area contributed by atoms with E-state index in [2.05, 4.69) is 34.2 Å². The standard InChI is InChI=1S/C22H29N3O2/c1-4-24-11-13-25(14-12-24)20-8-6-5-7-19(20)23-22(26)16-27-21-10-9-17(2)15-18(21)3/h5-10,15H,4,11-14,16H2,1-3H3,(H,23,26). The van der Waals surface area contributed by atoms with Gasteiger partial charge in [-0.2, -0.15) is 0 Å². The van der Waals surface area contributed by atoms with Crippen LogP contribution in [-0.2, 0) is 4.79 Å². The van der Waals surface area contributed by atoms with Crippen LogP contribution in [0.4, 0.5) is 11.4 Å². The zero-order valence-corrected chi connectivity index (χ0v) is 16.5. The number of carbonyl (C=O) groups excluding carboxylic acids is 1. The minimum absolute atomic E-state index is 0.00183. The molecule has 5 nitrogen and oxygen atoms in total. The van der Waals surface area contributed by atoms with Gasteiger partial charge in [0, 0.05) is 26.2 Å². The van der Waals surface area contributed by atoms with Crippen LogP contribution < -0.4 is 15.0 Å². The molecule has 3 rings (SSSR count). The van der Waals surface area contributed by atoms with Gasteiger partial charge in [-0.25, -0.2) is 0 Å². The van der Waals surface area contributed by atoms with E-state index in [-0.39, 0.29) is 12.5 Å². The summed E-state index contributed by atoms with van der Waals surface area (Å²) in [4.78, 5) is 17.2. The van der Waals surface area contributed by atoms with E-state index in [1.54, 1.807) is 0 Å². The van der Waals surface area contributed by atoms with Crippen molar-refractivity contribution in [3.8, 4) is 5.75 Å². The summed E-state index contributed by atoms with van der Waals surface area (Å²) in [6.45, 7) is 11.4. The molecule has 1 aliphatic heterocycles. The maximum absolute atomic E-state index is 12.4. The minimum atomic E-state index is -0.144. The fraction of sp³-hybridized carbons (Fsp3) is 0.409. The first-order valence-corrected chi connectivity index (χ1v) is 9.63. The number of benzene rings is 2. The van der Waals surface area contributed by atoms with Crippen molar-refractivity contribution >= 4 is 17.3 Å². The summed E-state index contributed by atoms with van der Waals surface area (Å²) in [6, 6.07) is 14.0. The van der Waals surface area contributed by atoms with Gasteiger partial charge in [0.1, 0.15) is 5.75 Å². The molecule has 0 aliphatic carbocycles. The normalized spacial score (nSPS) is 14.9. The largest absolute Gasteiger partial charge is 0.483 e. The number of likely N-dealkylation sites (N-methyl/N-ethyl adjacent to an activating group) is 1. The van der Waals surface area contributed by atoms with Gasteiger partial charge in [-0.1, -0.05) is 36.8 Å². The number of ether oxygens (including phenoxy) is 1. The molecule has 0 atom stereocenters. The van der Waals surface area contributed by atoms with Crippen LogP contribution >= 0.6 is 0 Å². The lowest BCUT2D eigenvalue weighted by molar-refractivity contribution is -0.118. The van der Waals surface area contributed by atoms with Gasteiger partial charge in [-0.05, 0) is 44.2 Å². The Bertz CT molecular complexity index is 783. The quantitative estimate of drug-likeness (QED) is 0.849. The van der Waals surface area contributed by atoms with E-state index < -0.39 is 0 Å². The average Bonchev–Trinajstić information content (AvgIpc) is 2.68. The molecule has 0 unspecified atom stereocenters. The highest BCUT2D eigenvalue weighted by Gasteiger charge is 2.18. The molecule has 1 heterocycles. The zero-order valence-electron chi connectivity index (χ0n) is 16.5. The van der Waals surface area contributed by atoms with Crippen LogP contribution in [0.5, 0.6) is 5.75 Å². The highest BCUT2D eigenvalue weighted by Crippen LogP contribution is 2.26. The van der Waals surface area contributed by atoms with Crippen LogP contribution in [0.25, 0.3) is 0 Å². The van der Waals surface area contributed by atoms with Crippen molar-refractivity contribution in [1.82, 2.24) is 4.90 Å². The molecule has 1 fully saturated rings. The van der Waals surface area contributed by atoms with Crippen LogP contribution in [0, 0.1) is 13.8 Å². The van der Waals surface area contributed by atoms with Gasteiger partial charge >= 0.3 is 0 Å². The van der Waals surface area contributed by atoms with Gasteiger partial charge in [0.05, 0.1) is 11.4 Å². The Morgan fingerprint density at radius 2 is 1.81 bits per heavy atom. The van der Waals surface area contributed by atoms with Crippen molar-refractivity contribution in [2.24, 2.45) is 0 Å². The number of piperazine rings is 1. The molecule has 1 aliphatic rings. The van der Waals surface area contributed by atoms with Gasteiger partial charge in [0.25, 0.3) is 5.91 Å². The van der Waals surface area contributed by atoms with Crippen molar-refractivity contribution in [3.05, 3.63) is 53.6 Å². The molecule has 2 aromatic rings. The van der Waals surface area contributed by atoms with Gasteiger partial charge in [-0.3, -0.25) is 4.79 Å². The molecule has 5 heteroatoms. The molecule has 0 radical (unpaired) electrons. The number of amides is 1. The van der Waals surface area contributed by atoms with E-state index in [1.165, 1.54) is 5.56 Å². The van der Waals surface area contributed by atoms with Crippen molar-refractivity contribution < 1.29 is 9.53 Å². The van der Waals surface area contributed by atoms with Crippen LogP contribution in [0.15, 0.2) is 42.5 Å². The Hall–Kier alpha value is -2.53. The van der Waals surface area contributed by atoms with Crippen LogP contribution in [0.3, 0.4) is 0 Å². The Morgan fingerprint density at radius 3 is 2.52 bits per heavy atom. The van der Waals surface area contributed by atoms with E-state index in [0.717, 1.165) is 55.4 Å². The zero-order chi connectivity index (χ0) is 19.2. The number of hydrogen-bond acceptors (Lipinski definition) is 4. The molecule has 2 aromatic carbocycles. The van der Waals surface area contributed by atoms with Gasteiger partial charge in [0.15, 0.2) is 6.61 Å². The number of anilines is 2. The number of hydrogen-bond donors (Lipinski definition) is 1. The predicted molar refractivity (Wildman–Crippen MR) is 111 cm³/mol. The lowest BCUT2D eigenvalue weighted by atomic mass is 10.1. The third-order valence-electron chi connectivity index (χ3n) is 5.03. The average molecular weight is 367 g/mol. The molecule has 144 valence electrons. The highest BCUT2D eigenvalue weighted by molar-refractivity contribution is 5.95. The molecular weight excluding hydrogens is 338 g/mol. The van der Waals surface area contributed by atoms with Crippen LogP contribution in [0.1, 0.15) is 18.1 Å². The summed E-state index contributed by atoms with van der Waals surface area (Å²) < 4.78 is 5.71. The Morgan fingerprint density at radius 1 is 1.07 bits per heavy atom. The maximum atomic E-state index is 12.4. The second kappa shape index (κ2) is 8.91. The molecule has 0 spiro atoms. The number of nitrogens with one attached hydrogen (secondary N) is 1. The fourth-order valence-electron chi connectivity index (χ4n) is 3.45. The third-order valence-corrected chi connectivity index (χ3v) is 5.03. The molecule has 1 N–H and O–H groups in total. The second-order valence-corrected chi connectivity index (χ2v) is 7.04. The summed E-state index contributed by atoms with van der Waals surface area (Å²) in [5.74, 6) is 0.606. The first-order chi connectivity index (χ1) is 13.1. The minimum Gasteiger partial charge on any atom is -0.483 e. The molecule has 1 saturated heterocycles. The van der Waals surface area contributed by atoms with Crippen molar-refractivity contribution in [3.63, 3.8) is 0 Å². The Kier molecular flexibility index (Phi) is 6.35. The molecule has 0 bridgehead atoms. The summed E-state index contributed by atoms with van der Waals surface area (Å²) in [7, 11) is 0. The van der Waals surface area contributed by atoms with Crippen molar-refractivity contribution in [2.75, 3.05) is 49.5 Å². The molecule has 0 aromatic heterocycles. The lowest BCUT2D eigenvalue weighted by Gasteiger charge is -2.36. The van der Waals surface area contributed by atoms with Gasteiger partial charge in [0.2, 0.25) is 0 Å². The summed E-state index contributed by atoms with van der Waals surface area (Å²) >= 11 is 0. The Balaban J connectivity index is 1.61. The number of nitrogens with zero attached hydrogens (tertiary/aromatic N) is 2. The number of carbonyl (C=O) groups is 1. The number of rotatable bonds is 6. The smallest absolute Gasteiger partial charge is 0.262 e. The van der Waals surface area contributed by atoms with E-state index in [9.17, 15) is 4.79 Å². The van der Waals surface area contributed by atoms with Gasteiger partial charge < -0.3 is 19.9 Å². The van der Waals surface area contributed by atoms with Gasteiger partial charge in [-0.15, -0.1) is 0 Å². The predicted octanol–water partition coefficient (Wildman–Crippen LogP) is 3.46. The first-order valence-electron chi connectivity index (χ1n) is 9.63. The second-order valence-electron chi connectivity index (χ2n) is 7.04. The monoisotopic (exact) mass is 367 g/mol. The van der Waals surface area contributed by atoms with Crippen LogP contribution in [0.2, 0.25) is 0 Å². The molecular formula is C22H29N3O2. The van der Waals surface area contributed by atoms with Crippen molar-refractivity contribution in [1.29, 1.82) is 0 Å². The topological polar surface area (TPSA) is 44.8 Å². The van der Waals surface area contributed by atoms with Crippen LogP contribution in [-0.4, -0.2) is 50.1 Å². The number of aryl methyl sites for hydroxylation is 2. The fourth-order valence-corrected chi connectivity index (χ4v) is 3.45. The number of para-hydroxylation sites is 2.